The average Bonchev–Trinajstić information content (AvgIpc) is 3.36. The molecule has 8 nitrogen and oxygen atoms in total. The van der Waals surface area contributed by atoms with Crippen molar-refractivity contribution in [2.45, 2.75) is 20.4 Å². The van der Waals surface area contributed by atoms with Gasteiger partial charge in [0.1, 0.15) is 18.0 Å². The number of para-hydroxylation sites is 2. The molecule has 3 aromatic heterocycles. The number of nitrogens with one attached hydrogen (secondary N) is 1. The molecule has 0 spiro atoms. The van der Waals surface area contributed by atoms with E-state index in [1.54, 1.807) is 30.3 Å². The van der Waals surface area contributed by atoms with Crippen LogP contribution in [0.1, 0.15) is 11.9 Å². The van der Waals surface area contributed by atoms with Gasteiger partial charge in [0.25, 0.3) is 5.56 Å². The SMILES string of the molecule is CCOc1ccccc1NC(=O)Cn1nc(-c2ccco2)c2sc(C)nc2c1=O. The maximum Gasteiger partial charge on any atom is 0.294 e. The lowest BCUT2D eigenvalue weighted by molar-refractivity contribution is -0.117. The fourth-order valence-corrected chi connectivity index (χ4v) is 3.83. The topological polar surface area (TPSA) is 99.2 Å². The number of aromatic nitrogens is 3. The minimum atomic E-state index is -0.423. The van der Waals surface area contributed by atoms with Crippen LogP contribution < -0.4 is 15.6 Å². The second-order valence-electron chi connectivity index (χ2n) is 6.18. The summed E-state index contributed by atoms with van der Waals surface area (Å²) in [6.07, 6.45) is 1.53. The van der Waals surface area contributed by atoms with Crippen LogP contribution in [0, 0.1) is 6.92 Å². The Morgan fingerprint density at radius 2 is 2.10 bits per heavy atom. The van der Waals surface area contributed by atoms with E-state index in [0.717, 1.165) is 9.69 Å². The summed E-state index contributed by atoms with van der Waals surface area (Å²) < 4.78 is 12.7. The van der Waals surface area contributed by atoms with Crippen LogP contribution >= 0.6 is 11.3 Å². The number of aryl methyl sites for hydroxylation is 1. The third kappa shape index (κ3) is 3.77. The van der Waals surface area contributed by atoms with Crippen molar-refractivity contribution in [1.82, 2.24) is 14.8 Å². The van der Waals surface area contributed by atoms with E-state index in [9.17, 15) is 9.59 Å². The van der Waals surface area contributed by atoms with Crippen LogP contribution in [0.25, 0.3) is 21.7 Å². The molecule has 1 amide bonds. The van der Waals surface area contributed by atoms with Crippen molar-refractivity contribution >= 4 is 33.1 Å². The van der Waals surface area contributed by atoms with Gasteiger partial charge in [-0.15, -0.1) is 11.3 Å². The number of hydrogen-bond donors (Lipinski definition) is 1. The molecule has 9 heteroatoms. The van der Waals surface area contributed by atoms with Gasteiger partial charge in [0.2, 0.25) is 5.91 Å². The van der Waals surface area contributed by atoms with E-state index in [0.29, 0.717) is 34.2 Å². The molecule has 148 valence electrons. The van der Waals surface area contributed by atoms with Crippen molar-refractivity contribution in [3.63, 3.8) is 0 Å². The van der Waals surface area contributed by atoms with Gasteiger partial charge in [-0.1, -0.05) is 12.1 Å². The lowest BCUT2D eigenvalue weighted by Crippen LogP contribution is -2.30. The van der Waals surface area contributed by atoms with Crippen molar-refractivity contribution in [2.75, 3.05) is 11.9 Å². The Kier molecular flexibility index (Phi) is 5.13. The van der Waals surface area contributed by atoms with Crippen LogP contribution in [-0.2, 0) is 11.3 Å². The average molecular weight is 410 g/mol. The van der Waals surface area contributed by atoms with Crippen LogP contribution in [0.3, 0.4) is 0 Å². The predicted molar refractivity (Wildman–Crippen MR) is 110 cm³/mol. The first-order chi connectivity index (χ1) is 14.1. The summed E-state index contributed by atoms with van der Waals surface area (Å²) in [6.45, 7) is 3.89. The second-order valence-corrected chi connectivity index (χ2v) is 7.38. The normalized spacial score (nSPS) is 11.0. The third-order valence-corrected chi connectivity index (χ3v) is 5.09. The molecule has 3 heterocycles. The molecule has 0 aliphatic heterocycles. The molecular weight excluding hydrogens is 392 g/mol. The molecule has 0 saturated heterocycles. The number of anilines is 1. The van der Waals surface area contributed by atoms with Gasteiger partial charge in [-0.3, -0.25) is 9.59 Å². The van der Waals surface area contributed by atoms with Gasteiger partial charge in [0.05, 0.1) is 28.3 Å². The Balaban J connectivity index is 1.69. The molecule has 0 radical (unpaired) electrons. The van der Waals surface area contributed by atoms with E-state index in [1.807, 2.05) is 19.9 Å². The van der Waals surface area contributed by atoms with E-state index in [1.165, 1.54) is 17.6 Å². The molecule has 0 unspecified atom stereocenters. The van der Waals surface area contributed by atoms with Crippen molar-refractivity contribution in [1.29, 1.82) is 0 Å². The molecule has 0 aliphatic rings. The highest BCUT2D eigenvalue weighted by molar-refractivity contribution is 7.19. The number of carbonyl (C=O) groups excluding carboxylic acids is 1. The van der Waals surface area contributed by atoms with E-state index in [-0.39, 0.29) is 12.1 Å². The quantitative estimate of drug-likeness (QED) is 0.523. The van der Waals surface area contributed by atoms with E-state index >= 15 is 0 Å². The molecule has 0 saturated carbocycles. The highest BCUT2D eigenvalue weighted by atomic mass is 32.1. The molecular formula is C20H18N4O4S. The Labute approximate surface area is 169 Å². The summed E-state index contributed by atoms with van der Waals surface area (Å²) in [4.78, 5) is 29.8. The first-order valence-corrected chi connectivity index (χ1v) is 9.82. The molecule has 1 aromatic carbocycles. The Morgan fingerprint density at radius 3 is 2.86 bits per heavy atom. The van der Waals surface area contributed by atoms with Gasteiger partial charge in [0, 0.05) is 0 Å². The number of ether oxygens (including phenoxy) is 1. The summed E-state index contributed by atoms with van der Waals surface area (Å²) in [5.41, 5.74) is 0.867. The number of furan rings is 1. The summed E-state index contributed by atoms with van der Waals surface area (Å²) in [6, 6.07) is 10.6. The molecule has 0 bridgehead atoms. The zero-order valence-electron chi connectivity index (χ0n) is 15.8. The summed E-state index contributed by atoms with van der Waals surface area (Å²) in [5, 5.41) is 7.89. The smallest absolute Gasteiger partial charge is 0.294 e. The number of thiazole rings is 1. The van der Waals surface area contributed by atoms with Crippen molar-refractivity contribution in [3.8, 4) is 17.2 Å². The summed E-state index contributed by atoms with van der Waals surface area (Å²) in [7, 11) is 0. The van der Waals surface area contributed by atoms with E-state index in [2.05, 4.69) is 15.4 Å². The summed E-state index contributed by atoms with van der Waals surface area (Å²) in [5.74, 6) is 0.670. The Hall–Kier alpha value is -3.46. The lowest BCUT2D eigenvalue weighted by atomic mass is 10.3. The van der Waals surface area contributed by atoms with Gasteiger partial charge in [-0.05, 0) is 38.1 Å². The number of carbonyl (C=O) groups is 1. The minimum absolute atomic E-state index is 0.264. The van der Waals surface area contributed by atoms with Gasteiger partial charge in [-0.25, -0.2) is 9.67 Å². The summed E-state index contributed by atoms with van der Waals surface area (Å²) >= 11 is 1.36. The second kappa shape index (κ2) is 7.88. The maximum atomic E-state index is 12.8. The number of hydrogen-bond acceptors (Lipinski definition) is 7. The van der Waals surface area contributed by atoms with Crippen LogP contribution in [0.4, 0.5) is 5.69 Å². The third-order valence-electron chi connectivity index (χ3n) is 4.12. The fourth-order valence-electron chi connectivity index (χ4n) is 2.92. The highest BCUT2D eigenvalue weighted by Crippen LogP contribution is 2.29. The van der Waals surface area contributed by atoms with Crippen molar-refractivity contribution < 1.29 is 13.9 Å². The van der Waals surface area contributed by atoms with Crippen LogP contribution in [-0.4, -0.2) is 27.3 Å². The molecule has 1 N–H and O–H groups in total. The molecule has 4 rings (SSSR count). The fraction of sp³-hybridized carbons (Fsp3) is 0.200. The first-order valence-electron chi connectivity index (χ1n) is 9.00. The number of nitrogens with zero attached hydrogens (tertiary/aromatic N) is 3. The standard InChI is InChI=1S/C20H18N4O4S/c1-3-27-14-8-5-4-7-13(14)22-16(25)11-24-20(26)18-19(29-12(2)21-18)17(23-24)15-9-6-10-28-15/h4-10H,3,11H2,1-2H3,(H,22,25). The Bertz CT molecular complexity index is 1230. The number of amides is 1. The molecule has 0 aliphatic carbocycles. The maximum absolute atomic E-state index is 12.8. The minimum Gasteiger partial charge on any atom is -0.492 e. The molecule has 0 atom stereocenters. The van der Waals surface area contributed by atoms with Gasteiger partial charge >= 0.3 is 0 Å². The molecule has 4 aromatic rings. The van der Waals surface area contributed by atoms with Crippen LogP contribution in [0.15, 0.2) is 51.9 Å². The lowest BCUT2D eigenvalue weighted by Gasteiger charge is -2.12. The van der Waals surface area contributed by atoms with Crippen LogP contribution in [0.5, 0.6) is 5.75 Å². The van der Waals surface area contributed by atoms with Crippen LogP contribution in [0.2, 0.25) is 0 Å². The first kappa shape index (κ1) is 18.9. The zero-order valence-corrected chi connectivity index (χ0v) is 16.7. The predicted octanol–water partition coefficient (Wildman–Crippen LogP) is 3.46. The largest absolute Gasteiger partial charge is 0.492 e. The van der Waals surface area contributed by atoms with Gasteiger partial charge < -0.3 is 14.5 Å². The number of rotatable bonds is 6. The van der Waals surface area contributed by atoms with Crippen molar-refractivity contribution in [2.24, 2.45) is 0 Å². The number of fused-ring (bicyclic) bond motifs is 1. The van der Waals surface area contributed by atoms with Gasteiger partial charge in [0.15, 0.2) is 11.3 Å². The zero-order chi connectivity index (χ0) is 20.4. The van der Waals surface area contributed by atoms with Crippen molar-refractivity contribution in [3.05, 3.63) is 58.0 Å². The van der Waals surface area contributed by atoms with Gasteiger partial charge in [-0.2, -0.15) is 5.10 Å². The molecule has 29 heavy (non-hydrogen) atoms. The Morgan fingerprint density at radius 1 is 1.28 bits per heavy atom. The monoisotopic (exact) mass is 410 g/mol. The highest BCUT2D eigenvalue weighted by Gasteiger charge is 2.19. The number of benzene rings is 1. The van der Waals surface area contributed by atoms with E-state index in [4.69, 9.17) is 9.15 Å². The molecule has 0 fully saturated rings. The van der Waals surface area contributed by atoms with E-state index < -0.39 is 11.5 Å².